The molecule has 1 aliphatic rings. The lowest BCUT2D eigenvalue weighted by Crippen LogP contribution is -2.30. The smallest absolute Gasteiger partial charge is 0.338 e. The Kier molecular flexibility index (Phi) is 7.55. The fraction of sp³-hybridized carbons (Fsp3) is 0.286. The van der Waals surface area contributed by atoms with Gasteiger partial charge in [0, 0.05) is 30.3 Å². The summed E-state index contributed by atoms with van der Waals surface area (Å²) in [6, 6.07) is 18.6. The van der Waals surface area contributed by atoms with Crippen molar-refractivity contribution in [2.45, 2.75) is 26.0 Å². The Balaban J connectivity index is 1.67. The first-order valence-electron chi connectivity index (χ1n) is 11.5. The van der Waals surface area contributed by atoms with Gasteiger partial charge in [-0.1, -0.05) is 30.3 Å². The van der Waals surface area contributed by atoms with Gasteiger partial charge in [0.15, 0.2) is 0 Å². The van der Waals surface area contributed by atoms with Gasteiger partial charge in [0.2, 0.25) is 0 Å². The molecule has 3 aromatic carbocycles. The molecule has 0 spiro atoms. The van der Waals surface area contributed by atoms with Crippen molar-refractivity contribution in [3.05, 3.63) is 88.5 Å². The van der Waals surface area contributed by atoms with Crippen molar-refractivity contribution in [3.8, 4) is 17.2 Å². The maximum Gasteiger partial charge on any atom is 0.338 e. The number of methoxy groups -OCH3 is 3. The summed E-state index contributed by atoms with van der Waals surface area (Å²) in [7, 11) is 4.51. The highest BCUT2D eigenvalue weighted by Crippen LogP contribution is 2.32. The molecule has 35 heavy (non-hydrogen) atoms. The van der Waals surface area contributed by atoms with Gasteiger partial charge < -0.3 is 23.8 Å². The van der Waals surface area contributed by atoms with Crippen LogP contribution in [-0.2, 0) is 24.3 Å². The maximum absolute atomic E-state index is 13.7. The molecule has 1 heterocycles. The second kappa shape index (κ2) is 11.0. The molecule has 7 heteroatoms. The summed E-state index contributed by atoms with van der Waals surface area (Å²) in [6.07, 6.45) is 1.42. The second-order valence-corrected chi connectivity index (χ2v) is 8.32. The third kappa shape index (κ3) is 5.57. The molecule has 0 saturated carbocycles. The zero-order valence-electron chi connectivity index (χ0n) is 20.2. The number of hydrogen-bond donors (Lipinski definition) is 0. The average molecular weight is 476 g/mol. The quantitative estimate of drug-likeness (QED) is 0.441. The number of carbonyl (C=O) groups excluding carboxylic acids is 2. The number of hydrogen-bond acceptors (Lipinski definition) is 6. The third-order valence-electron chi connectivity index (χ3n) is 6.02. The van der Waals surface area contributed by atoms with Crippen molar-refractivity contribution >= 4 is 11.9 Å². The molecule has 0 fully saturated rings. The number of amides is 1. The van der Waals surface area contributed by atoms with Crippen LogP contribution in [0.2, 0.25) is 0 Å². The highest BCUT2D eigenvalue weighted by atomic mass is 16.5. The van der Waals surface area contributed by atoms with E-state index in [4.69, 9.17) is 18.9 Å². The minimum Gasteiger partial charge on any atom is -0.497 e. The van der Waals surface area contributed by atoms with Crippen LogP contribution in [0, 0.1) is 0 Å². The molecule has 0 unspecified atom stereocenters. The highest BCUT2D eigenvalue weighted by Gasteiger charge is 2.27. The summed E-state index contributed by atoms with van der Waals surface area (Å²) < 4.78 is 21.8. The van der Waals surface area contributed by atoms with Crippen LogP contribution in [0.3, 0.4) is 0 Å². The Bertz CT molecular complexity index is 1190. The van der Waals surface area contributed by atoms with E-state index in [0.29, 0.717) is 48.9 Å². The molecule has 1 aliphatic heterocycles. The summed E-state index contributed by atoms with van der Waals surface area (Å²) in [5, 5.41) is 0. The minimum absolute atomic E-state index is 0.158. The minimum atomic E-state index is -0.515. The van der Waals surface area contributed by atoms with Gasteiger partial charge in [-0.2, -0.15) is 0 Å². The standard InChI is InChI=1S/C28H29NO6/c1-32-22-12-20(13-23(16-22)33-2)17-29-11-7-10-24-25(27(29)30)14-21(28(31)34-3)15-26(24)35-18-19-8-5-4-6-9-19/h4-6,8-9,12-16H,7,10-11,17-18H2,1-3H3. The third-order valence-corrected chi connectivity index (χ3v) is 6.02. The first-order valence-corrected chi connectivity index (χ1v) is 11.5. The summed E-state index contributed by atoms with van der Waals surface area (Å²) in [5.74, 6) is 1.18. The molecule has 1 amide bonds. The lowest BCUT2D eigenvalue weighted by molar-refractivity contribution is 0.0600. The van der Waals surface area contributed by atoms with E-state index < -0.39 is 5.97 Å². The van der Waals surface area contributed by atoms with E-state index in [1.165, 1.54) is 7.11 Å². The maximum atomic E-state index is 13.7. The Morgan fingerprint density at radius 3 is 2.29 bits per heavy atom. The lowest BCUT2D eigenvalue weighted by atomic mass is 9.99. The van der Waals surface area contributed by atoms with E-state index in [9.17, 15) is 9.59 Å². The first kappa shape index (κ1) is 24.1. The van der Waals surface area contributed by atoms with Crippen LogP contribution in [0.1, 0.15) is 43.8 Å². The van der Waals surface area contributed by atoms with Crippen LogP contribution < -0.4 is 14.2 Å². The molecule has 0 aromatic heterocycles. The highest BCUT2D eigenvalue weighted by molar-refractivity contribution is 6.00. The van der Waals surface area contributed by atoms with E-state index in [0.717, 1.165) is 23.1 Å². The van der Waals surface area contributed by atoms with Crippen molar-refractivity contribution in [1.29, 1.82) is 0 Å². The number of nitrogens with zero attached hydrogens (tertiary/aromatic N) is 1. The largest absolute Gasteiger partial charge is 0.497 e. The fourth-order valence-electron chi connectivity index (χ4n) is 4.24. The van der Waals surface area contributed by atoms with Crippen LogP contribution in [0.15, 0.2) is 60.7 Å². The Labute approximate surface area is 205 Å². The molecule has 0 atom stereocenters. The van der Waals surface area contributed by atoms with Crippen LogP contribution in [0.5, 0.6) is 17.2 Å². The normalized spacial score (nSPS) is 13.0. The summed E-state index contributed by atoms with van der Waals surface area (Å²) in [4.78, 5) is 27.9. The van der Waals surface area contributed by atoms with Gasteiger partial charge in [0.05, 0.1) is 26.9 Å². The predicted octanol–water partition coefficient (Wildman–Crippen LogP) is 4.66. The molecule has 0 aliphatic carbocycles. The zero-order chi connectivity index (χ0) is 24.8. The van der Waals surface area contributed by atoms with Crippen molar-refractivity contribution in [2.24, 2.45) is 0 Å². The summed E-state index contributed by atoms with van der Waals surface area (Å²) >= 11 is 0. The van der Waals surface area contributed by atoms with Gasteiger partial charge in [-0.25, -0.2) is 4.79 Å². The number of rotatable bonds is 8. The summed E-state index contributed by atoms with van der Waals surface area (Å²) in [5.41, 5.74) is 3.45. The number of ether oxygens (including phenoxy) is 4. The van der Waals surface area contributed by atoms with Crippen molar-refractivity contribution in [1.82, 2.24) is 4.90 Å². The molecule has 0 saturated heterocycles. The summed E-state index contributed by atoms with van der Waals surface area (Å²) in [6.45, 7) is 1.28. The molecule has 7 nitrogen and oxygen atoms in total. The van der Waals surface area contributed by atoms with Gasteiger partial charge in [-0.05, 0) is 48.2 Å². The monoisotopic (exact) mass is 475 g/mol. The van der Waals surface area contributed by atoms with Gasteiger partial charge in [0.25, 0.3) is 5.91 Å². The molecule has 0 bridgehead atoms. The second-order valence-electron chi connectivity index (χ2n) is 8.32. The van der Waals surface area contributed by atoms with Crippen LogP contribution in [0.25, 0.3) is 0 Å². The van der Waals surface area contributed by atoms with Gasteiger partial charge in [-0.15, -0.1) is 0 Å². The molecule has 0 radical (unpaired) electrons. The van der Waals surface area contributed by atoms with Gasteiger partial charge in [0.1, 0.15) is 23.9 Å². The molecule has 3 aromatic rings. The van der Waals surface area contributed by atoms with E-state index in [2.05, 4.69) is 0 Å². The van der Waals surface area contributed by atoms with E-state index >= 15 is 0 Å². The van der Waals surface area contributed by atoms with Gasteiger partial charge in [-0.3, -0.25) is 4.79 Å². The molecule has 4 rings (SSSR count). The lowest BCUT2D eigenvalue weighted by Gasteiger charge is -2.22. The number of carbonyl (C=O) groups is 2. The molecular weight excluding hydrogens is 446 g/mol. The first-order chi connectivity index (χ1) is 17.0. The SMILES string of the molecule is COC(=O)c1cc(OCc2ccccc2)c2c(c1)C(=O)N(Cc1cc(OC)cc(OC)c1)CCC2. The average Bonchev–Trinajstić information content (AvgIpc) is 3.05. The predicted molar refractivity (Wildman–Crippen MR) is 131 cm³/mol. The van der Waals surface area contributed by atoms with E-state index in [-0.39, 0.29) is 11.5 Å². The Morgan fingerprint density at radius 1 is 0.914 bits per heavy atom. The number of esters is 1. The van der Waals surface area contributed by atoms with E-state index in [1.54, 1.807) is 37.3 Å². The van der Waals surface area contributed by atoms with Crippen molar-refractivity contribution < 1.29 is 28.5 Å². The zero-order valence-corrected chi connectivity index (χ0v) is 20.2. The topological polar surface area (TPSA) is 74.3 Å². The van der Waals surface area contributed by atoms with Crippen LogP contribution >= 0.6 is 0 Å². The van der Waals surface area contributed by atoms with Gasteiger partial charge >= 0.3 is 5.97 Å². The van der Waals surface area contributed by atoms with E-state index in [1.807, 2.05) is 42.5 Å². The Morgan fingerprint density at radius 2 is 1.63 bits per heavy atom. The van der Waals surface area contributed by atoms with Crippen molar-refractivity contribution in [3.63, 3.8) is 0 Å². The number of fused-ring (bicyclic) bond motifs is 1. The number of benzene rings is 3. The Hall–Kier alpha value is -4.00. The molecular formula is C28H29NO6. The van der Waals surface area contributed by atoms with Crippen molar-refractivity contribution in [2.75, 3.05) is 27.9 Å². The fourth-order valence-corrected chi connectivity index (χ4v) is 4.24. The van der Waals surface area contributed by atoms with Crippen LogP contribution in [0.4, 0.5) is 0 Å². The molecule has 0 N–H and O–H groups in total. The van der Waals surface area contributed by atoms with Crippen LogP contribution in [-0.4, -0.2) is 44.7 Å². The molecule has 182 valence electrons.